The largest absolute Gasteiger partial charge is 0.446 e. The van der Waals surface area contributed by atoms with Crippen molar-refractivity contribution in [1.29, 1.82) is 0 Å². The van der Waals surface area contributed by atoms with Crippen molar-refractivity contribution in [3.63, 3.8) is 0 Å². The third-order valence-corrected chi connectivity index (χ3v) is 4.35. The molecule has 1 aliphatic heterocycles. The maximum absolute atomic E-state index is 5.91. The summed E-state index contributed by atoms with van der Waals surface area (Å²) in [6, 6.07) is 1.63. The third-order valence-electron chi connectivity index (χ3n) is 4.35. The maximum Gasteiger partial charge on any atom is 0.195 e. The molecule has 2 unspecified atom stereocenters. The van der Waals surface area contributed by atoms with Crippen molar-refractivity contribution in [2.75, 3.05) is 13.6 Å². The fourth-order valence-electron chi connectivity index (χ4n) is 3.06. The van der Waals surface area contributed by atoms with Crippen LogP contribution in [0.25, 0.3) is 0 Å². The molecule has 4 nitrogen and oxygen atoms in total. The molecule has 1 aliphatic rings. The van der Waals surface area contributed by atoms with E-state index in [1.165, 1.54) is 25.8 Å². The Morgan fingerprint density at radius 2 is 2.20 bits per heavy atom. The van der Waals surface area contributed by atoms with Crippen molar-refractivity contribution >= 4 is 0 Å². The summed E-state index contributed by atoms with van der Waals surface area (Å²) in [6.45, 7) is 7.94. The number of oxazole rings is 1. The monoisotopic (exact) mass is 279 g/mol. The molecule has 1 saturated heterocycles. The highest BCUT2D eigenvalue weighted by Gasteiger charge is 2.26. The van der Waals surface area contributed by atoms with Gasteiger partial charge in [-0.1, -0.05) is 6.42 Å². The van der Waals surface area contributed by atoms with Crippen LogP contribution >= 0.6 is 0 Å². The van der Waals surface area contributed by atoms with Crippen LogP contribution in [0.1, 0.15) is 51.7 Å². The number of likely N-dealkylation sites (tertiary alicyclic amines) is 1. The van der Waals surface area contributed by atoms with Gasteiger partial charge in [0.1, 0.15) is 5.76 Å². The predicted octanol–water partition coefficient (Wildman–Crippen LogP) is 2.63. The zero-order valence-corrected chi connectivity index (χ0v) is 13.4. The predicted molar refractivity (Wildman–Crippen MR) is 81.9 cm³/mol. The van der Waals surface area contributed by atoms with E-state index in [2.05, 4.69) is 36.0 Å². The molecular formula is C16H29N3O. The van der Waals surface area contributed by atoms with Crippen molar-refractivity contribution < 1.29 is 4.42 Å². The summed E-state index contributed by atoms with van der Waals surface area (Å²) in [5, 5.41) is 3.23. The van der Waals surface area contributed by atoms with Crippen LogP contribution in [0.5, 0.6) is 0 Å². The molecule has 0 spiro atoms. The van der Waals surface area contributed by atoms with Crippen LogP contribution in [0.4, 0.5) is 0 Å². The Labute approximate surface area is 122 Å². The first kappa shape index (κ1) is 15.5. The Morgan fingerprint density at radius 1 is 1.40 bits per heavy atom. The standard InChI is InChI=1S/C16H29N3O/c1-12(2)19-8-6-5-7-14(19)10-16-18-11-15(20-16)9-13(3)17-4/h11-14,17H,5-10H2,1-4H3. The Hall–Kier alpha value is -0.870. The van der Waals surface area contributed by atoms with E-state index in [0.717, 1.165) is 24.5 Å². The lowest BCUT2D eigenvalue weighted by molar-refractivity contribution is 0.106. The van der Waals surface area contributed by atoms with E-state index in [9.17, 15) is 0 Å². The minimum absolute atomic E-state index is 0.428. The molecular weight excluding hydrogens is 250 g/mol. The second-order valence-electron chi connectivity index (χ2n) is 6.30. The second-order valence-corrected chi connectivity index (χ2v) is 6.30. The molecule has 0 amide bonds. The smallest absolute Gasteiger partial charge is 0.195 e. The molecule has 2 rings (SSSR count). The van der Waals surface area contributed by atoms with Crippen LogP contribution in [-0.4, -0.2) is 41.6 Å². The number of hydrogen-bond donors (Lipinski definition) is 1. The van der Waals surface area contributed by atoms with Gasteiger partial charge in [0.05, 0.1) is 6.20 Å². The molecule has 114 valence electrons. The lowest BCUT2D eigenvalue weighted by Gasteiger charge is -2.38. The number of nitrogens with one attached hydrogen (secondary N) is 1. The minimum atomic E-state index is 0.428. The molecule has 1 fully saturated rings. The van der Waals surface area contributed by atoms with Crippen molar-refractivity contribution in [2.24, 2.45) is 0 Å². The van der Waals surface area contributed by atoms with Crippen LogP contribution in [-0.2, 0) is 12.8 Å². The number of hydrogen-bond acceptors (Lipinski definition) is 4. The van der Waals surface area contributed by atoms with Gasteiger partial charge < -0.3 is 9.73 Å². The topological polar surface area (TPSA) is 41.3 Å². The molecule has 0 radical (unpaired) electrons. The summed E-state index contributed by atoms with van der Waals surface area (Å²) in [7, 11) is 1.98. The SMILES string of the molecule is CNC(C)Cc1cnc(CC2CCCCN2C(C)C)o1. The molecule has 0 aromatic carbocycles. The average molecular weight is 279 g/mol. The highest BCUT2D eigenvalue weighted by Crippen LogP contribution is 2.22. The number of piperidine rings is 1. The van der Waals surface area contributed by atoms with E-state index in [1.807, 2.05) is 13.2 Å². The summed E-state index contributed by atoms with van der Waals surface area (Å²) in [4.78, 5) is 7.07. The van der Waals surface area contributed by atoms with Gasteiger partial charge in [0.15, 0.2) is 5.89 Å². The molecule has 2 atom stereocenters. The Morgan fingerprint density at radius 3 is 2.90 bits per heavy atom. The van der Waals surface area contributed by atoms with Gasteiger partial charge in [0.2, 0.25) is 0 Å². The Bertz CT molecular complexity index is 402. The molecule has 1 aromatic heterocycles. The van der Waals surface area contributed by atoms with Crippen LogP contribution in [0.2, 0.25) is 0 Å². The second kappa shape index (κ2) is 7.23. The number of rotatable bonds is 6. The molecule has 1 aromatic rings. The third kappa shape index (κ3) is 4.06. The van der Waals surface area contributed by atoms with Crippen molar-refractivity contribution in [2.45, 2.75) is 71.0 Å². The Kier molecular flexibility index (Phi) is 5.61. The fourth-order valence-corrected chi connectivity index (χ4v) is 3.06. The van der Waals surface area contributed by atoms with E-state index in [0.29, 0.717) is 18.1 Å². The first-order valence-electron chi connectivity index (χ1n) is 7.96. The molecule has 1 N–H and O–H groups in total. The normalized spacial score (nSPS) is 22.4. The zero-order chi connectivity index (χ0) is 14.5. The highest BCUT2D eigenvalue weighted by molar-refractivity contribution is 4.98. The Balaban J connectivity index is 1.94. The van der Waals surface area contributed by atoms with E-state index < -0.39 is 0 Å². The molecule has 0 saturated carbocycles. The van der Waals surface area contributed by atoms with Crippen LogP contribution in [0.3, 0.4) is 0 Å². The maximum atomic E-state index is 5.91. The molecule has 0 bridgehead atoms. The number of likely N-dealkylation sites (N-methyl/N-ethyl adjacent to an activating group) is 1. The first-order chi connectivity index (χ1) is 9.60. The van der Waals surface area contributed by atoms with Gasteiger partial charge >= 0.3 is 0 Å². The van der Waals surface area contributed by atoms with Gasteiger partial charge in [-0.2, -0.15) is 0 Å². The summed E-state index contributed by atoms with van der Waals surface area (Å²) < 4.78 is 5.91. The van der Waals surface area contributed by atoms with Gasteiger partial charge in [-0.05, 0) is 47.2 Å². The first-order valence-corrected chi connectivity index (χ1v) is 7.96. The fraction of sp³-hybridized carbons (Fsp3) is 0.812. The van der Waals surface area contributed by atoms with E-state index in [4.69, 9.17) is 4.42 Å². The average Bonchev–Trinajstić information content (AvgIpc) is 2.86. The lowest BCUT2D eigenvalue weighted by Crippen LogP contribution is -2.45. The zero-order valence-electron chi connectivity index (χ0n) is 13.4. The number of aromatic nitrogens is 1. The molecule has 0 aliphatic carbocycles. The summed E-state index contributed by atoms with van der Waals surface area (Å²) >= 11 is 0. The van der Waals surface area contributed by atoms with Gasteiger partial charge in [0.25, 0.3) is 0 Å². The van der Waals surface area contributed by atoms with Crippen LogP contribution in [0.15, 0.2) is 10.6 Å². The van der Waals surface area contributed by atoms with Crippen molar-refractivity contribution in [1.82, 2.24) is 15.2 Å². The van der Waals surface area contributed by atoms with Crippen LogP contribution in [0, 0.1) is 0 Å². The summed E-state index contributed by atoms with van der Waals surface area (Å²) in [5.41, 5.74) is 0. The van der Waals surface area contributed by atoms with Crippen LogP contribution < -0.4 is 5.32 Å². The van der Waals surface area contributed by atoms with Crippen molar-refractivity contribution in [3.05, 3.63) is 17.8 Å². The highest BCUT2D eigenvalue weighted by atomic mass is 16.4. The van der Waals surface area contributed by atoms with E-state index >= 15 is 0 Å². The minimum Gasteiger partial charge on any atom is -0.446 e. The summed E-state index contributed by atoms with van der Waals surface area (Å²) in [6.07, 6.45) is 7.67. The quantitative estimate of drug-likeness (QED) is 0.869. The molecule has 20 heavy (non-hydrogen) atoms. The van der Waals surface area contributed by atoms with Gasteiger partial charge in [0, 0.05) is 31.0 Å². The lowest BCUT2D eigenvalue weighted by atomic mass is 9.98. The molecule has 4 heteroatoms. The van der Waals surface area contributed by atoms with Gasteiger partial charge in [-0.25, -0.2) is 4.98 Å². The van der Waals surface area contributed by atoms with Gasteiger partial charge in [-0.15, -0.1) is 0 Å². The van der Waals surface area contributed by atoms with Gasteiger partial charge in [-0.3, -0.25) is 4.90 Å². The van der Waals surface area contributed by atoms with Crippen molar-refractivity contribution in [3.8, 4) is 0 Å². The van der Waals surface area contributed by atoms with E-state index in [-0.39, 0.29) is 0 Å². The molecule has 2 heterocycles. The van der Waals surface area contributed by atoms with E-state index in [1.54, 1.807) is 0 Å². The summed E-state index contributed by atoms with van der Waals surface area (Å²) in [5.74, 6) is 1.90. The number of nitrogens with zero attached hydrogens (tertiary/aromatic N) is 2.